The summed E-state index contributed by atoms with van der Waals surface area (Å²) in [5, 5.41) is 12.0. The van der Waals surface area contributed by atoms with Gasteiger partial charge in [0.1, 0.15) is 5.76 Å². The van der Waals surface area contributed by atoms with Gasteiger partial charge in [0.25, 0.3) is 11.7 Å². The number of aromatic amines is 1. The minimum Gasteiger partial charge on any atom is -0.507 e. The van der Waals surface area contributed by atoms with Gasteiger partial charge in [0, 0.05) is 29.2 Å². The molecule has 28 heavy (non-hydrogen) atoms. The second-order valence-electron chi connectivity index (χ2n) is 7.15. The number of rotatable bonds is 4. The Morgan fingerprint density at radius 2 is 1.93 bits per heavy atom. The number of nitrogens with zero attached hydrogens (tertiary/aromatic N) is 1. The monoisotopic (exact) mass is 374 g/mol. The van der Waals surface area contributed by atoms with Gasteiger partial charge in [-0.2, -0.15) is 0 Å². The molecule has 0 spiro atoms. The Kier molecular flexibility index (Phi) is 4.51. The molecule has 2 aromatic carbocycles. The number of carbonyl (C=O) groups excluding carboxylic acids is 2. The van der Waals surface area contributed by atoms with Gasteiger partial charge in [-0.25, -0.2) is 0 Å². The van der Waals surface area contributed by atoms with Crippen molar-refractivity contribution in [2.75, 3.05) is 6.54 Å². The van der Waals surface area contributed by atoms with Crippen molar-refractivity contribution >= 4 is 28.4 Å². The van der Waals surface area contributed by atoms with Crippen LogP contribution in [0.25, 0.3) is 16.7 Å². The molecule has 5 heteroatoms. The number of aromatic nitrogens is 1. The van der Waals surface area contributed by atoms with E-state index in [1.807, 2.05) is 62.4 Å². The van der Waals surface area contributed by atoms with Gasteiger partial charge >= 0.3 is 0 Å². The number of aryl methyl sites for hydroxylation is 1. The highest BCUT2D eigenvalue weighted by Crippen LogP contribution is 2.40. The van der Waals surface area contributed by atoms with Crippen molar-refractivity contribution in [3.8, 4) is 0 Å². The Bertz CT molecular complexity index is 1110. The summed E-state index contributed by atoms with van der Waals surface area (Å²) in [4.78, 5) is 30.3. The van der Waals surface area contributed by atoms with Crippen molar-refractivity contribution in [1.82, 2.24) is 9.88 Å². The van der Waals surface area contributed by atoms with Crippen molar-refractivity contribution in [2.45, 2.75) is 26.3 Å². The maximum atomic E-state index is 12.9. The predicted octanol–water partition coefficient (Wildman–Crippen LogP) is 4.31. The molecular formula is C23H22N2O3. The van der Waals surface area contributed by atoms with Crippen LogP contribution in [-0.2, 0) is 9.59 Å². The van der Waals surface area contributed by atoms with Crippen LogP contribution in [0.4, 0.5) is 0 Å². The molecule has 2 heterocycles. The highest BCUT2D eigenvalue weighted by molar-refractivity contribution is 6.46. The van der Waals surface area contributed by atoms with E-state index in [4.69, 9.17) is 0 Å². The normalized spacial score (nSPS) is 18.9. The Morgan fingerprint density at radius 1 is 1.14 bits per heavy atom. The van der Waals surface area contributed by atoms with Gasteiger partial charge in [0.05, 0.1) is 11.6 Å². The van der Waals surface area contributed by atoms with Gasteiger partial charge in [-0.05, 0) is 25.0 Å². The van der Waals surface area contributed by atoms with E-state index < -0.39 is 17.7 Å². The molecule has 1 atom stereocenters. The van der Waals surface area contributed by atoms with Crippen molar-refractivity contribution < 1.29 is 14.7 Å². The first-order valence-electron chi connectivity index (χ1n) is 9.44. The lowest BCUT2D eigenvalue weighted by molar-refractivity contribution is -0.139. The molecule has 142 valence electrons. The summed E-state index contributed by atoms with van der Waals surface area (Å²) in [6.07, 6.45) is 2.41. The number of para-hydroxylation sites is 1. The van der Waals surface area contributed by atoms with Crippen LogP contribution in [0.2, 0.25) is 0 Å². The number of amides is 1. The molecule has 4 rings (SSSR count). The average molecular weight is 374 g/mol. The van der Waals surface area contributed by atoms with E-state index in [1.165, 1.54) is 0 Å². The molecule has 0 bridgehead atoms. The smallest absolute Gasteiger partial charge is 0.295 e. The van der Waals surface area contributed by atoms with Gasteiger partial charge < -0.3 is 15.0 Å². The molecule has 0 radical (unpaired) electrons. The number of Topliss-reactive ketones (excluding diaryl/α,β-unsaturated/α-hetero) is 1. The minimum atomic E-state index is -0.636. The van der Waals surface area contributed by atoms with E-state index in [2.05, 4.69) is 4.98 Å². The second-order valence-corrected chi connectivity index (χ2v) is 7.15. The van der Waals surface area contributed by atoms with Gasteiger partial charge in [0.2, 0.25) is 0 Å². The Hall–Kier alpha value is -3.34. The van der Waals surface area contributed by atoms with Crippen molar-refractivity contribution in [3.63, 3.8) is 0 Å². The van der Waals surface area contributed by atoms with Crippen LogP contribution in [0.5, 0.6) is 0 Å². The summed E-state index contributed by atoms with van der Waals surface area (Å²) in [5.41, 5.74) is 3.40. The molecule has 1 fully saturated rings. The third-order valence-electron chi connectivity index (χ3n) is 5.21. The molecule has 2 N–H and O–H groups in total. The molecule has 0 saturated carbocycles. The summed E-state index contributed by atoms with van der Waals surface area (Å²) in [5.74, 6) is -1.33. The van der Waals surface area contributed by atoms with Gasteiger partial charge in [-0.1, -0.05) is 55.0 Å². The first kappa shape index (κ1) is 18.0. The number of likely N-dealkylation sites (tertiary alicyclic amines) is 1. The molecule has 5 nitrogen and oxygen atoms in total. The van der Waals surface area contributed by atoms with Crippen LogP contribution in [0.15, 0.2) is 60.3 Å². The van der Waals surface area contributed by atoms with Crippen LogP contribution in [0.3, 0.4) is 0 Å². The van der Waals surface area contributed by atoms with Crippen LogP contribution in [0, 0.1) is 6.92 Å². The molecule has 1 aromatic heterocycles. The summed E-state index contributed by atoms with van der Waals surface area (Å²) >= 11 is 0. The number of hydrogen-bond donors (Lipinski definition) is 2. The quantitative estimate of drug-likeness (QED) is 0.406. The molecule has 1 amide bonds. The van der Waals surface area contributed by atoms with Crippen molar-refractivity contribution in [1.29, 1.82) is 0 Å². The van der Waals surface area contributed by atoms with E-state index in [1.54, 1.807) is 11.1 Å². The van der Waals surface area contributed by atoms with Crippen LogP contribution < -0.4 is 0 Å². The summed E-state index contributed by atoms with van der Waals surface area (Å²) in [7, 11) is 0. The number of fused-ring (bicyclic) bond motifs is 1. The lowest BCUT2D eigenvalue weighted by Crippen LogP contribution is -2.30. The topological polar surface area (TPSA) is 73.4 Å². The largest absolute Gasteiger partial charge is 0.507 e. The zero-order chi connectivity index (χ0) is 19.8. The van der Waals surface area contributed by atoms with Crippen molar-refractivity contribution in [3.05, 3.63) is 77.0 Å². The van der Waals surface area contributed by atoms with Gasteiger partial charge in [-0.15, -0.1) is 0 Å². The van der Waals surface area contributed by atoms with Crippen LogP contribution in [0.1, 0.15) is 36.1 Å². The van der Waals surface area contributed by atoms with Crippen LogP contribution >= 0.6 is 0 Å². The number of ketones is 1. The first-order valence-corrected chi connectivity index (χ1v) is 9.44. The van der Waals surface area contributed by atoms with E-state index in [0.717, 1.165) is 28.5 Å². The Labute approximate surface area is 163 Å². The molecule has 3 aromatic rings. The number of hydrogen-bond acceptors (Lipinski definition) is 3. The van der Waals surface area contributed by atoms with E-state index in [-0.39, 0.29) is 11.3 Å². The number of nitrogens with one attached hydrogen (secondary N) is 1. The number of aliphatic hydroxyl groups excluding tert-OH is 1. The standard InChI is InChI=1S/C23H22N2O3/c1-3-11-25-20(15-8-6-7-14(2)12-15)19(22(27)23(25)28)21(26)17-13-24-18-10-5-4-9-16(17)18/h4-10,12-13,20,24,26H,3,11H2,1-2H3/b21-19-. The van der Waals surface area contributed by atoms with Crippen molar-refractivity contribution in [2.24, 2.45) is 0 Å². The number of aliphatic hydroxyl groups is 1. The van der Waals surface area contributed by atoms with Gasteiger partial charge in [-0.3, -0.25) is 9.59 Å². The SMILES string of the molecule is CCCN1C(=O)C(=O)/C(=C(\O)c2c[nH]c3ccccc23)C1c1cccc(C)c1. The summed E-state index contributed by atoms with van der Waals surface area (Å²) in [6, 6.07) is 14.7. The lowest BCUT2D eigenvalue weighted by Gasteiger charge is -2.25. The summed E-state index contributed by atoms with van der Waals surface area (Å²) < 4.78 is 0. The minimum absolute atomic E-state index is 0.138. The Morgan fingerprint density at radius 3 is 2.68 bits per heavy atom. The van der Waals surface area contributed by atoms with Gasteiger partial charge in [0.15, 0.2) is 0 Å². The predicted molar refractivity (Wildman–Crippen MR) is 109 cm³/mol. The molecular weight excluding hydrogens is 352 g/mol. The molecule has 1 saturated heterocycles. The van der Waals surface area contributed by atoms with Crippen LogP contribution in [-0.4, -0.2) is 33.2 Å². The highest BCUT2D eigenvalue weighted by atomic mass is 16.3. The maximum Gasteiger partial charge on any atom is 0.295 e. The van der Waals surface area contributed by atoms with E-state index in [9.17, 15) is 14.7 Å². The summed E-state index contributed by atoms with van der Waals surface area (Å²) in [6.45, 7) is 4.38. The van der Waals surface area contributed by atoms with E-state index >= 15 is 0 Å². The fourth-order valence-corrected chi connectivity index (χ4v) is 3.95. The van der Waals surface area contributed by atoms with E-state index in [0.29, 0.717) is 12.1 Å². The third-order valence-corrected chi connectivity index (χ3v) is 5.21. The molecule has 1 aliphatic rings. The molecule has 0 aliphatic carbocycles. The number of benzene rings is 2. The second kappa shape index (κ2) is 7.00. The third kappa shape index (κ3) is 2.80. The zero-order valence-corrected chi connectivity index (χ0v) is 15.9. The fraction of sp³-hybridized carbons (Fsp3) is 0.217. The first-order chi connectivity index (χ1) is 13.5. The Balaban J connectivity index is 1.94. The number of H-pyrrole nitrogens is 1. The number of carbonyl (C=O) groups is 2. The molecule has 1 unspecified atom stereocenters. The zero-order valence-electron chi connectivity index (χ0n) is 15.9. The fourth-order valence-electron chi connectivity index (χ4n) is 3.95. The molecule has 1 aliphatic heterocycles. The average Bonchev–Trinajstić information content (AvgIpc) is 3.23. The highest BCUT2D eigenvalue weighted by Gasteiger charge is 2.45. The maximum absolute atomic E-state index is 12.9. The lowest BCUT2D eigenvalue weighted by atomic mass is 9.94.